The number of nitriles is 1. The Kier molecular flexibility index (Phi) is 3.51. The van der Waals surface area contributed by atoms with E-state index in [-0.39, 0.29) is 0 Å². The lowest BCUT2D eigenvalue weighted by Crippen LogP contribution is -2.38. The number of carbonyl (C=O) groups is 1. The summed E-state index contributed by atoms with van der Waals surface area (Å²) in [6, 6.07) is 8.01. The average Bonchev–Trinajstić information content (AvgIpc) is 2.25. The van der Waals surface area contributed by atoms with E-state index in [0.29, 0.717) is 5.56 Å². The lowest BCUT2D eigenvalue weighted by molar-refractivity contribution is -0.174. The fourth-order valence-corrected chi connectivity index (χ4v) is 1.05. The van der Waals surface area contributed by atoms with Crippen molar-refractivity contribution in [2.75, 3.05) is 0 Å². The number of amides is 1. The summed E-state index contributed by atoms with van der Waals surface area (Å²) in [7, 11) is 0. The van der Waals surface area contributed by atoms with Crippen LogP contribution in [0.3, 0.4) is 0 Å². The lowest BCUT2D eigenvalue weighted by atomic mass is 10.1. The molecule has 0 aliphatic heterocycles. The molecule has 1 atom stereocenters. The van der Waals surface area contributed by atoms with Crippen LogP contribution in [-0.2, 0) is 4.79 Å². The maximum atomic E-state index is 11.9. The molecule has 1 rings (SSSR count). The van der Waals surface area contributed by atoms with Gasteiger partial charge in [0.1, 0.15) is 6.04 Å². The van der Waals surface area contributed by atoms with Gasteiger partial charge >= 0.3 is 12.1 Å². The number of alkyl halides is 3. The van der Waals surface area contributed by atoms with Crippen LogP contribution in [0.25, 0.3) is 0 Å². The highest BCUT2D eigenvalue weighted by Crippen LogP contribution is 2.18. The zero-order valence-corrected chi connectivity index (χ0v) is 7.95. The number of carbonyl (C=O) groups excluding carboxylic acids is 1. The van der Waals surface area contributed by atoms with Crippen molar-refractivity contribution in [2.24, 2.45) is 0 Å². The predicted octanol–water partition coefficient (Wildman–Crippen LogP) is 1.93. The zero-order chi connectivity index (χ0) is 12.2. The van der Waals surface area contributed by atoms with Gasteiger partial charge in [0.2, 0.25) is 0 Å². The van der Waals surface area contributed by atoms with Crippen molar-refractivity contribution in [1.29, 1.82) is 5.26 Å². The quantitative estimate of drug-likeness (QED) is 0.840. The summed E-state index contributed by atoms with van der Waals surface area (Å²) in [5.41, 5.74) is 0.308. The van der Waals surface area contributed by atoms with Gasteiger partial charge in [-0.3, -0.25) is 4.79 Å². The molecule has 16 heavy (non-hydrogen) atoms. The monoisotopic (exact) mass is 228 g/mol. The Morgan fingerprint density at radius 3 is 2.31 bits per heavy atom. The minimum atomic E-state index is -4.98. The van der Waals surface area contributed by atoms with Crippen molar-refractivity contribution in [3.8, 4) is 6.07 Å². The van der Waals surface area contributed by atoms with Gasteiger partial charge in [0.05, 0.1) is 6.07 Å². The topological polar surface area (TPSA) is 52.9 Å². The maximum Gasteiger partial charge on any atom is 0.471 e. The van der Waals surface area contributed by atoms with Crippen LogP contribution in [0.2, 0.25) is 0 Å². The summed E-state index contributed by atoms with van der Waals surface area (Å²) in [5, 5.41) is 10.3. The second kappa shape index (κ2) is 4.66. The van der Waals surface area contributed by atoms with Crippen molar-refractivity contribution >= 4 is 5.91 Å². The van der Waals surface area contributed by atoms with Gasteiger partial charge in [-0.15, -0.1) is 0 Å². The number of hydrogen-bond acceptors (Lipinski definition) is 2. The molecule has 6 heteroatoms. The lowest BCUT2D eigenvalue weighted by Gasteiger charge is -2.13. The number of rotatable bonds is 2. The molecular formula is C10H7F3N2O. The molecule has 0 unspecified atom stereocenters. The van der Waals surface area contributed by atoms with Crippen LogP contribution in [-0.4, -0.2) is 12.1 Å². The van der Waals surface area contributed by atoms with E-state index < -0.39 is 18.1 Å². The van der Waals surface area contributed by atoms with Crippen LogP contribution in [0.4, 0.5) is 13.2 Å². The van der Waals surface area contributed by atoms with Crippen molar-refractivity contribution in [3.63, 3.8) is 0 Å². The Morgan fingerprint density at radius 2 is 1.88 bits per heavy atom. The van der Waals surface area contributed by atoms with Gasteiger partial charge < -0.3 is 5.32 Å². The smallest absolute Gasteiger partial charge is 0.329 e. The van der Waals surface area contributed by atoms with Gasteiger partial charge in [0, 0.05) is 0 Å². The molecule has 0 spiro atoms. The average molecular weight is 228 g/mol. The molecule has 84 valence electrons. The first-order valence-corrected chi connectivity index (χ1v) is 4.27. The van der Waals surface area contributed by atoms with Crippen molar-refractivity contribution in [1.82, 2.24) is 5.32 Å². The fraction of sp³-hybridized carbons (Fsp3) is 0.200. The van der Waals surface area contributed by atoms with Gasteiger partial charge in [0.25, 0.3) is 0 Å². The summed E-state index contributed by atoms with van der Waals surface area (Å²) in [5.74, 6) is -2.12. The summed E-state index contributed by atoms with van der Waals surface area (Å²) < 4.78 is 35.8. The minimum Gasteiger partial charge on any atom is -0.329 e. The zero-order valence-electron chi connectivity index (χ0n) is 7.95. The van der Waals surface area contributed by atoms with E-state index in [1.165, 1.54) is 12.1 Å². The molecule has 0 heterocycles. The Bertz CT molecular complexity index is 408. The molecule has 1 N–H and O–H groups in total. The highest BCUT2D eigenvalue weighted by Gasteiger charge is 2.39. The van der Waals surface area contributed by atoms with E-state index in [0.717, 1.165) is 0 Å². The normalized spacial score (nSPS) is 12.6. The van der Waals surface area contributed by atoms with Gasteiger partial charge in [-0.2, -0.15) is 18.4 Å². The first-order chi connectivity index (χ1) is 7.45. The third-order valence-corrected chi connectivity index (χ3v) is 1.79. The molecule has 0 radical (unpaired) electrons. The summed E-state index contributed by atoms with van der Waals surface area (Å²) >= 11 is 0. The van der Waals surface area contributed by atoms with Crippen LogP contribution in [0.1, 0.15) is 11.6 Å². The maximum absolute atomic E-state index is 11.9. The molecule has 1 aromatic rings. The van der Waals surface area contributed by atoms with E-state index in [1.807, 2.05) is 0 Å². The minimum absolute atomic E-state index is 0.308. The van der Waals surface area contributed by atoms with E-state index in [4.69, 9.17) is 5.26 Å². The molecule has 1 amide bonds. The number of halogens is 3. The molecule has 0 saturated carbocycles. The van der Waals surface area contributed by atoms with Crippen molar-refractivity contribution < 1.29 is 18.0 Å². The Balaban J connectivity index is 2.80. The third-order valence-electron chi connectivity index (χ3n) is 1.79. The summed E-state index contributed by atoms with van der Waals surface area (Å²) in [6.07, 6.45) is -4.98. The second-order valence-corrected chi connectivity index (χ2v) is 2.94. The van der Waals surface area contributed by atoms with Crippen LogP contribution in [0.5, 0.6) is 0 Å². The number of benzene rings is 1. The molecule has 0 fully saturated rings. The first-order valence-electron chi connectivity index (χ1n) is 4.27. The van der Waals surface area contributed by atoms with E-state index in [2.05, 4.69) is 0 Å². The van der Waals surface area contributed by atoms with Gasteiger partial charge in [-0.05, 0) is 5.56 Å². The molecule has 1 aromatic carbocycles. The largest absolute Gasteiger partial charge is 0.471 e. The number of hydrogen-bond donors (Lipinski definition) is 1. The Morgan fingerprint density at radius 1 is 1.31 bits per heavy atom. The van der Waals surface area contributed by atoms with Crippen molar-refractivity contribution in [3.05, 3.63) is 35.9 Å². The van der Waals surface area contributed by atoms with Crippen molar-refractivity contribution in [2.45, 2.75) is 12.2 Å². The van der Waals surface area contributed by atoms with Crippen LogP contribution in [0.15, 0.2) is 30.3 Å². The molecular weight excluding hydrogens is 221 g/mol. The molecule has 0 aromatic heterocycles. The Hall–Kier alpha value is -2.03. The number of nitrogens with zero attached hydrogens (tertiary/aromatic N) is 1. The van der Waals surface area contributed by atoms with Gasteiger partial charge in [-0.1, -0.05) is 30.3 Å². The van der Waals surface area contributed by atoms with E-state index in [1.54, 1.807) is 29.6 Å². The van der Waals surface area contributed by atoms with Crippen LogP contribution in [0, 0.1) is 11.3 Å². The first kappa shape index (κ1) is 12.0. The van der Waals surface area contributed by atoms with Crippen LogP contribution >= 0.6 is 0 Å². The number of nitrogens with one attached hydrogen (secondary N) is 1. The fourth-order valence-electron chi connectivity index (χ4n) is 1.05. The Labute approximate surface area is 89.5 Å². The standard InChI is InChI=1S/C10H7F3N2O/c11-10(12,13)9(16)15-8(6-14)7-4-2-1-3-5-7/h1-5,8H,(H,15,16)/t8-/m1/s1. The van der Waals surface area contributed by atoms with Gasteiger partial charge in [0.15, 0.2) is 0 Å². The highest BCUT2D eigenvalue weighted by molar-refractivity contribution is 5.82. The third kappa shape index (κ3) is 2.98. The molecule has 0 aliphatic carbocycles. The molecule has 0 aliphatic rings. The highest BCUT2D eigenvalue weighted by atomic mass is 19.4. The van der Waals surface area contributed by atoms with E-state index >= 15 is 0 Å². The molecule has 0 saturated heterocycles. The van der Waals surface area contributed by atoms with Crippen LogP contribution < -0.4 is 5.32 Å². The molecule has 3 nitrogen and oxygen atoms in total. The SMILES string of the molecule is N#C[C@@H](NC(=O)C(F)(F)F)c1ccccc1. The summed E-state index contributed by atoms with van der Waals surface area (Å²) in [4.78, 5) is 10.6. The van der Waals surface area contributed by atoms with Gasteiger partial charge in [-0.25, -0.2) is 0 Å². The predicted molar refractivity (Wildman–Crippen MR) is 49.0 cm³/mol. The van der Waals surface area contributed by atoms with E-state index in [9.17, 15) is 18.0 Å². The molecule has 0 bridgehead atoms. The summed E-state index contributed by atoms with van der Waals surface area (Å²) in [6.45, 7) is 0. The second-order valence-electron chi connectivity index (χ2n) is 2.94.